The summed E-state index contributed by atoms with van der Waals surface area (Å²) in [6, 6.07) is 26.2. The number of ether oxygens (including phenoxy) is 1. The molecule has 0 aliphatic rings. The summed E-state index contributed by atoms with van der Waals surface area (Å²) < 4.78 is 5.89. The van der Waals surface area contributed by atoms with Crippen LogP contribution in [0.5, 0.6) is 11.5 Å². The van der Waals surface area contributed by atoms with Crippen LogP contribution in [0, 0.1) is 0 Å². The van der Waals surface area contributed by atoms with Gasteiger partial charge in [-0.25, -0.2) is 0 Å². The second-order valence-electron chi connectivity index (χ2n) is 6.20. The summed E-state index contributed by atoms with van der Waals surface area (Å²) in [5.41, 5.74) is 9.40. The Morgan fingerprint density at radius 3 is 1.80 bits per heavy atom. The summed E-state index contributed by atoms with van der Waals surface area (Å²) in [5, 5.41) is 9.01. The van der Waals surface area contributed by atoms with Gasteiger partial charge in [0.15, 0.2) is 0 Å². The molecule has 128 valence electrons. The Morgan fingerprint density at radius 1 is 0.720 bits per heavy atom. The first-order valence-corrected chi connectivity index (χ1v) is 8.49. The molecule has 3 nitrogen and oxygen atoms in total. The highest BCUT2D eigenvalue weighted by Crippen LogP contribution is 2.23. The van der Waals surface area contributed by atoms with E-state index < -0.39 is 0 Å². The number of aliphatic hydroxyl groups excluding tert-OH is 1. The van der Waals surface area contributed by atoms with Crippen LogP contribution in [0.2, 0.25) is 0 Å². The molecule has 0 radical (unpaired) electrons. The quantitative estimate of drug-likeness (QED) is 0.689. The van der Waals surface area contributed by atoms with E-state index in [1.165, 1.54) is 11.1 Å². The largest absolute Gasteiger partial charge is 0.457 e. The minimum Gasteiger partial charge on any atom is -0.457 e. The van der Waals surface area contributed by atoms with Crippen molar-refractivity contribution >= 4 is 0 Å². The Labute approximate surface area is 148 Å². The summed E-state index contributed by atoms with van der Waals surface area (Å²) in [4.78, 5) is 0. The van der Waals surface area contributed by atoms with Crippen LogP contribution < -0.4 is 10.5 Å². The van der Waals surface area contributed by atoms with Crippen LogP contribution in [0.3, 0.4) is 0 Å². The van der Waals surface area contributed by atoms with Gasteiger partial charge in [-0.2, -0.15) is 0 Å². The summed E-state index contributed by atoms with van der Waals surface area (Å²) >= 11 is 0. The topological polar surface area (TPSA) is 55.5 Å². The van der Waals surface area contributed by atoms with Crippen molar-refractivity contribution in [2.24, 2.45) is 5.73 Å². The smallest absolute Gasteiger partial charge is 0.127 e. The standard InChI is InChI=1S/C22H23NO2/c23-20(16-24)15-19-8-12-22(13-9-19)25-21-10-6-18(7-11-21)14-17-4-2-1-3-5-17/h1-13,20,24H,14-16,23H2/t20-/m0/s1. The molecule has 3 aromatic rings. The van der Waals surface area contributed by atoms with E-state index in [4.69, 9.17) is 15.6 Å². The maximum Gasteiger partial charge on any atom is 0.127 e. The van der Waals surface area contributed by atoms with Gasteiger partial charge in [-0.3, -0.25) is 0 Å². The molecular formula is C22H23NO2. The van der Waals surface area contributed by atoms with Gasteiger partial charge in [0.1, 0.15) is 11.5 Å². The first-order chi connectivity index (χ1) is 12.2. The molecule has 0 bridgehead atoms. The molecule has 0 amide bonds. The van der Waals surface area contributed by atoms with E-state index >= 15 is 0 Å². The predicted octanol–water partition coefficient (Wildman–Crippen LogP) is 3.93. The van der Waals surface area contributed by atoms with Crippen LogP contribution in [0.4, 0.5) is 0 Å². The van der Waals surface area contributed by atoms with E-state index in [0.29, 0.717) is 6.42 Å². The lowest BCUT2D eigenvalue weighted by molar-refractivity contribution is 0.265. The molecular weight excluding hydrogens is 310 g/mol. The summed E-state index contributed by atoms with van der Waals surface area (Å²) in [5.74, 6) is 1.61. The van der Waals surface area contributed by atoms with Crippen LogP contribution in [-0.4, -0.2) is 17.8 Å². The highest BCUT2D eigenvalue weighted by Gasteiger charge is 2.03. The normalized spacial score (nSPS) is 11.9. The van der Waals surface area contributed by atoms with Crippen molar-refractivity contribution in [3.63, 3.8) is 0 Å². The molecule has 25 heavy (non-hydrogen) atoms. The molecule has 3 rings (SSSR count). The highest BCUT2D eigenvalue weighted by molar-refractivity contribution is 5.36. The third-order valence-corrected chi connectivity index (χ3v) is 4.07. The monoisotopic (exact) mass is 333 g/mol. The van der Waals surface area contributed by atoms with Crippen LogP contribution in [0.1, 0.15) is 16.7 Å². The Hall–Kier alpha value is -2.62. The first-order valence-electron chi connectivity index (χ1n) is 8.49. The molecule has 3 aromatic carbocycles. The number of rotatable bonds is 7. The van der Waals surface area contributed by atoms with Crippen molar-refractivity contribution in [1.29, 1.82) is 0 Å². The van der Waals surface area contributed by atoms with E-state index in [-0.39, 0.29) is 12.6 Å². The SMILES string of the molecule is N[C@H](CO)Cc1ccc(Oc2ccc(Cc3ccccc3)cc2)cc1. The number of nitrogens with two attached hydrogens (primary N) is 1. The number of aliphatic hydroxyl groups is 1. The van der Waals surface area contributed by atoms with Crippen molar-refractivity contribution in [1.82, 2.24) is 0 Å². The predicted molar refractivity (Wildman–Crippen MR) is 101 cm³/mol. The van der Waals surface area contributed by atoms with Crippen molar-refractivity contribution in [3.05, 3.63) is 95.6 Å². The van der Waals surface area contributed by atoms with Gasteiger partial charge in [-0.1, -0.05) is 54.6 Å². The number of hydrogen-bond acceptors (Lipinski definition) is 3. The summed E-state index contributed by atoms with van der Waals surface area (Å²) in [6.45, 7) is -0.00637. The lowest BCUT2D eigenvalue weighted by Crippen LogP contribution is -2.26. The highest BCUT2D eigenvalue weighted by atomic mass is 16.5. The maximum atomic E-state index is 9.01. The summed E-state index contributed by atoms with van der Waals surface area (Å²) in [6.07, 6.45) is 1.58. The number of benzene rings is 3. The molecule has 3 N–H and O–H groups in total. The molecule has 0 aliphatic heterocycles. The average Bonchev–Trinajstić information content (AvgIpc) is 2.66. The fourth-order valence-corrected chi connectivity index (χ4v) is 2.70. The van der Waals surface area contributed by atoms with E-state index in [9.17, 15) is 0 Å². The first kappa shape index (κ1) is 17.2. The van der Waals surface area contributed by atoms with E-state index in [2.05, 4.69) is 36.4 Å². The van der Waals surface area contributed by atoms with Crippen LogP contribution in [-0.2, 0) is 12.8 Å². The lowest BCUT2D eigenvalue weighted by atomic mass is 10.1. The van der Waals surface area contributed by atoms with Crippen molar-refractivity contribution in [3.8, 4) is 11.5 Å². The fraction of sp³-hybridized carbons (Fsp3) is 0.182. The Bertz CT molecular complexity index is 767. The van der Waals surface area contributed by atoms with Crippen LogP contribution in [0.25, 0.3) is 0 Å². The molecule has 0 heterocycles. The molecule has 1 atom stereocenters. The molecule has 0 saturated heterocycles. The number of hydrogen-bond donors (Lipinski definition) is 2. The molecule has 0 aromatic heterocycles. The third-order valence-electron chi connectivity index (χ3n) is 4.07. The van der Waals surface area contributed by atoms with Gasteiger partial charge in [0.25, 0.3) is 0 Å². The van der Waals surface area contributed by atoms with Crippen molar-refractivity contribution in [2.75, 3.05) is 6.61 Å². The van der Waals surface area contributed by atoms with Crippen LogP contribution >= 0.6 is 0 Å². The zero-order valence-electron chi connectivity index (χ0n) is 14.1. The minimum atomic E-state index is -0.219. The minimum absolute atomic E-state index is 0.00637. The summed E-state index contributed by atoms with van der Waals surface area (Å²) in [7, 11) is 0. The zero-order chi connectivity index (χ0) is 17.5. The Balaban J connectivity index is 1.59. The molecule has 3 heteroatoms. The second-order valence-corrected chi connectivity index (χ2v) is 6.20. The van der Waals surface area contributed by atoms with Gasteiger partial charge in [0.2, 0.25) is 0 Å². The fourth-order valence-electron chi connectivity index (χ4n) is 2.70. The van der Waals surface area contributed by atoms with Gasteiger partial charge in [0, 0.05) is 6.04 Å². The van der Waals surface area contributed by atoms with E-state index in [1.54, 1.807) is 0 Å². The van der Waals surface area contributed by atoms with Gasteiger partial charge < -0.3 is 15.6 Å². The van der Waals surface area contributed by atoms with Crippen molar-refractivity contribution < 1.29 is 9.84 Å². The molecule has 0 unspecified atom stereocenters. The van der Waals surface area contributed by atoms with Crippen molar-refractivity contribution in [2.45, 2.75) is 18.9 Å². The molecule has 0 aliphatic carbocycles. The maximum absolute atomic E-state index is 9.01. The Morgan fingerprint density at radius 2 is 1.24 bits per heavy atom. The Kier molecular flexibility index (Phi) is 5.83. The molecule has 0 saturated carbocycles. The van der Waals surface area contributed by atoms with E-state index in [0.717, 1.165) is 23.5 Å². The van der Waals surface area contributed by atoms with Gasteiger partial charge >= 0.3 is 0 Å². The van der Waals surface area contributed by atoms with Gasteiger partial charge in [-0.05, 0) is 53.8 Å². The second kappa shape index (κ2) is 8.47. The molecule has 0 spiro atoms. The van der Waals surface area contributed by atoms with Crippen LogP contribution in [0.15, 0.2) is 78.9 Å². The average molecular weight is 333 g/mol. The van der Waals surface area contributed by atoms with Gasteiger partial charge in [-0.15, -0.1) is 0 Å². The molecule has 0 fully saturated rings. The zero-order valence-corrected chi connectivity index (χ0v) is 14.1. The third kappa shape index (κ3) is 5.18. The van der Waals surface area contributed by atoms with E-state index in [1.807, 2.05) is 42.5 Å². The lowest BCUT2D eigenvalue weighted by Gasteiger charge is -2.10. The van der Waals surface area contributed by atoms with Gasteiger partial charge in [0.05, 0.1) is 6.61 Å².